The molecule has 1 unspecified atom stereocenters. The molecule has 0 aliphatic carbocycles. The lowest BCUT2D eigenvalue weighted by molar-refractivity contribution is 0.551. The molecule has 0 N–H and O–H groups in total. The van der Waals surface area contributed by atoms with Gasteiger partial charge in [-0.3, -0.25) is 0 Å². The van der Waals surface area contributed by atoms with Crippen LogP contribution in [0.1, 0.15) is 12.0 Å². The Hall–Kier alpha value is -0.690. The van der Waals surface area contributed by atoms with Gasteiger partial charge < -0.3 is 4.42 Å². The molecule has 1 atom stereocenters. The third kappa shape index (κ3) is 2.74. The summed E-state index contributed by atoms with van der Waals surface area (Å²) in [5.74, 6) is 1.17. The van der Waals surface area contributed by atoms with Crippen molar-refractivity contribution in [1.82, 2.24) is 0 Å². The van der Waals surface area contributed by atoms with E-state index in [-0.39, 0.29) is 0 Å². The van der Waals surface area contributed by atoms with Crippen molar-refractivity contribution in [3.63, 3.8) is 0 Å². The Balaban J connectivity index is 2.42. The second kappa shape index (κ2) is 5.04. The first-order chi connectivity index (χ1) is 5.86. The molecule has 0 aliphatic heterocycles. The molecule has 12 heavy (non-hydrogen) atoms. The highest BCUT2D eigenvalue weighted by atomic mass is 35.5. The van der Waals surface area contributed by atoms with Crippen molar-refractivity contribution >= 4 is 11.6 Å². The highest BCUT2D eigenvalue weighted by Gasteiger charge is 2.06. The second-order valence-corrected chi connectivity index (χ2v) is 3.19. The van der Waals surface area contributed by atoms with Crippen LogP contribution in [0.5, 0.6) is 0 Å². The van der Waals surface area contributed by atoms with Crippen molar-refractivity contribution in [1.29, 1.82) is 0 Å². The average molecular weight is 185 g/mol. The first kappa shape index (κ1) is 9.40. The molecule has 66 valence electrons. The summed E-state index contributed by atoms with van der Waals surface area (Å²) in [5.41, 5.74) is 1.21. The predicted molar refractivity (Wildman–Crippen MR) is 51.4 cm³/mol. The third-order valence-corrected chi connectivity index (χ3v) is 2.26. The third-order valence-electron chi connectivity index (χ3n) is 1.82. The lowest BCUT2D eigenvalue weighted by Gasteiger charge is -2.08. The molecule has 0 aromatic carbocycles. The van der Waals surface area contributed by atoms with Gasteiger partial charge >= 0.3 is 0 Å². The molecule has 1 heterocycles. The van der Waals surface area contributed by atoms with Crippen LogP contribution < -0.4 is 0 Å². The average Bonchev–Trinajstić information content (AvgIpc) is 2.56. The first-order valence-electron chi connectivity index (χ1n) is 4.04. The smallest absolute Gasteiger partial charge is 0.0934 e. The number of allylic oxidation sites excluding steroid dienone is 1. The molecule has 0 fully saturated rings. The Morgan fingerprint density at radius 3 is 3.00 bits per heavy atom. The molecule has 0 radical (unpaired) electrons. The molecule has 1 nitrogen and oxygen atoms in total. The number of rotatable bonds is 5. The Morgan fingerprint density at radius 2 is 2.50 bits per heavy atom. The summed E-state index contributed by atoms with van der Waals surface area (Å²) in [5, 5.41) is 0. The molecular weight excluding hydrogens is 172 g/mol. The zero-order chi connectivity index (χ0) is 8.81. The van der Waals surface area contributed by atoms with Crippen LogP contribution in [0.3, 0.4) is 0 Å². The van der Waals surface area contributed by atoms with Gasteiger partial charge in [0.1, 0.15) is 0 Å². The molecule has 2 heteroatoms. The van der Waals surface area contributed by atoms with E-state index in [1.807, 2.05) is 12.1 Å². The predicted octanol–water partition coefficient (Wildman–Crippen LogP) is 3.25. The summed E-state index contributed by atoms with van der Waals surface area (Å²) in [6.45, 7) is 3.70. The van der Waals surface area contributed by atoms with E-state index >= 15 is 0 Å². The van der Waals surface area contributed by atoms with Gasteiger partial charge in [0.25, 0.3) is 0 Å². The number of furan rings is 1. The number of hydrogen-bond acceptors (Lipinski definition) is 1. The van der Waals surface area contributed by atoms with Crippen molar-refractivity contribution in [3.8, 4) is 0 Å². The molecular formula is C10H13ClO. The summed E-state index contributed by atoms with van der Waals surface area (Å²) < 4.78 is 4.97. The molecule has 0 bridgehead atoms. The van der Waals surface area contributed by atoms with Gasteiger partial charge in [-0.2, -0.15) is 0 Å². The van der Waals surface area contributed by atoms with Gasteiger partial charge in [0, 0.05) is 5.88 Å². The van der Waals surface area contributed by atoms with Crippen LogP contribution in [-0.2, 0) is 6.42 Å². The van der Waals surface area contributed by atoms with Gasteiger partial charge in [-0.1, -0.05) is 6.08 Å². The van der Waals surface area contributed by atoms with Gasteiger partial charge in [-0.05, 0) is 30.4 Å². The molecule has 1 rings (SSSR count). The van der Waals surface area contributed by atoms with E-state index in [4.69, 9.17) is 16.0 Å². The van der Waals surface area contributed by atoms with Crippen molar-refractivity contribution in [2.75, 3.05) is 5.88 Å². The minimum Gasteiger partial charge on any atom is -0.472 e. The van der Waals surface area contributed by atoms with Crippen LogP contribution in [0.25, 0.3) is 0 Å². The van der Waals surface area contributed by atoms with Crippen LogP contribution in [0.15, 0.2) is 35.7 Å². The lowest BCUT2D eigenvalue weighted by atomic mass is 10.0. The Labute approximate surface area is 78.0 Å². The van der Waals surface area contributed by atoms with Gasteiger partial charge in [0.05, 0.1) is 12.5 Å². The van der Waals surface area contributed by atoms with Gasteiger partial charge in [0.2, 0.25) is 0 Å². The fraction of sp³-hybridized carbons (Fsp3) is 0.400. The van der Waals surface area contributed by atoms with Crippen molar-refractivity contribution in [2.24, 2.45) is 5.92 Å². The van der Waals surface area contributed by atoms with Crippen LogP contribution in [0, 0.1) is 5.92 Å². The molecule has 0 aliphatic rings. The van der Waals surface area contributed by atoms with E-state index < -0.39 is 0 Å². The normalized spacial score (nSPS) is 12.8. The van der Waals surface area contributed by atoms with E-state index in [0.29, 0.717) is 11.8 Å². The van der Waals surface area contributed by atoms with Crippen molar-refractivity contribution in [3.05, 3.63) is 36.8 Å². The minimum absolute atomic E-state index is 0.488. The Bertz CT molecular complexity index is 216. The molecule has 1 aromatic heterocycles. The summed E-state index contributed by atoms with van der Waals surface area (Å²) in [4.78, 5) is 0. The Kier molecular flexibility index (Phi) is 3.95. The quantitative estimate of drug-likeness (QED) is 0.506. The van der Waals surface area contributed by atoms with Crippen LogP contribution in [0.4, 0.5) is 0 Å². The number of halogens is 1. The maximum atomic E-state index is 5.78. The highest BCUT2D eigenvalue weighted by Crippen LogP contribution is 2.14. The van der Waals surface area contributed by atoms with E-state index in [1.54, 1.807) is 12.5 Å². The highest BCUT2D eigenvalue weighted by molar-refractivity contribution is 6.18. The van der Waals surface area contributed by atoms with Gasteiger partial charge in [-0.25, -0.2) is 0 Å². The van der Waals surface area contributed by atoms with Crippen molar-refractivity contribution < 1.29 is 4.42 Å². The van der Waals surface area contributed by atoms with Gasteiger partial charge in [-0.15, -0.1) is 18.2 Å². The first-order valence-corrected chi connectivity index (χ1v) is 4.58. The topological polar surface area (TPSA) is 13.1 Å². The number of alkyl halides is 1. The molecule has 1 aromatic rings. The lowest BCUT2D eigenvalue weighted by Crippen LogP contribution is -2.04. The van der Waals surface area contributed by atoms with E-state index in [1.165, 1.54) is 5.56 Å². The van der Waals surface area contributed by atoms with Crippen LogP contribution in [-0.4, -0.2) is 5.88 Å². The maximum absolute atomic E-state index is 5.78. The fourth-order valence-corrected chi connectivity index (χ4v) is 1.41. The molecule has 0 saturated heterocycles. The zero-order valence-corrected chi connectivity index (χ0v) is 7.76. The monoisotopic (exact) mass is 184 g/mol. The summed E-state index contributed by atoms with van der Waals surface area (Å²) in [6, 6.07) is 1.97. The Morgan fingerprint density at radius 1 is 1.67 bits per heavy atom. The summed E-state index contributed by atoms with van der Waals surface area (Å²) in [6.07, 6.45) is 7.31. The van der Waals surface area contributed by atoms with Crippen LogP contribution >= 0.6 is 11.6 Å². The van der Waals surface area contributed by atoms with E-state index in [0.717, 1.165) is 12.8 Å². The second-order valence-electron chi connectivity index (χ2n) is 2.88. The number of hydrogen-bond donors (Lipinski definition) is 0. The van der Waals surface area contributed by atoms with E-state index in [2.05, 4.69) is 6.58 Å². The standard InChI is InChI=1S/C10H13ClO/c1-2-3-9(7-11)6-10-4-5-12-8-10/h2,4-5,8-9H,1,3,6-7H2. The SMILES string of the molecule is C=CCC(CCl)Cc1ccoc1. The molecule has 0 amide bonds. The van der Waals surface area contributed by atoms with Crippen molar-refractivity contribution in [2.45, 2.75) is 12.8 Å². The fourth-order valence-electron chi connectivity index (χ4n) is 1.18. The maximum Gasteiger partial charge on any atom is 0.0934 e. The van der Waals surface area contributed by atoms with Gasteiger partial charge in [0.15, 0.2) is 0 Å². The van der Waals surface area contributed by atoms with Crippen LogP contribution in [0.2, 0.25) is 0 Å². The summed E-state index contributed by atoms with van der Waals surface area (Å²) in [7, 11) is 0. The largest absolute Gasteiger partial charge is 0.472 e. The molecule has 0 spiro atoms. The van der Waals surface area contributed by atoms with E-state index in [9.17, 15) is 0 Å². The zero-order valence-electron chi connectivity index (χ0n) is 7.00. The minimum atomic E-state index is 0.488. The summed E-state index contributed by atoms with van der Waals surface area (Å²) >= 11 is 5.78. The molecule has 0 saturated carbocycles.